The summed E-state index contributed by atoms with van der Waals surface area (Å²) in [4.78, 5) is 12.4. The first-order valence-corrected chi connectivity index (χ1v) is 7.83. The Morgan fingerprint density at radius 2 is 2.06 bits per heavy atom. The first-order chi connectivity index (χ1) is 8.45. The standard InChI is InChI=1S/C14H17O2PS/c1-9(2)18-13(14(15)16)10(3)11-6-5-7-12(8-11)17-4/h5-8,17H,1H2,2-4H3,(H,15,16)/b13-10+. The van der Waals surface area contributed by atoms with Crippen molar-refractivity contribution in [3.8, 4) is 0 Å². The molecule has 0 radical (unpaired) electrons. The average Bonchev–Trinajstić information content (AvgIpc) is 2.34. The van der Waals surface area contributed by atoms with Crippen LogP contribution in [0.2, 0.25) is 0 Å². The van der Waals surface area contributed by atoms with Crippen LogP contribution in [0.4, 0.5) is 0 Å². The minimum Gasteiger partial charge on any atom is -0.477 e. The van der Waals surface area contributed by atoms with Crippen LogP contribution in [0.15, 0.2) is 40.7 Å². The Balaban J connectivity index is 3.24. The predicted octanol–water partition coefficient (Wildman–Crippen LogP) is 3.70. The SMILES string of the molecule is C=C(C)S/C(C(=O)O)=C(\C)c1cccc(PC)c1. The van der Waals surface area contributed by atoms with Crippen LogP contribution < -0.4 is 5.30 Å². The first-order valence-electron chi connectivity index (χ1n) is 5.51. The molecule has 18 heavy (non-hydrogen) atoms. The second-order valence-electron chi connectivity index (χ2n) is 3.89. The number of carboxylic acid groups (broad SMARTS) is 1. The number of thioether (sulfide) groups is 1. The van der Waals surface area contributed by atoms with Crippen molar-refractivity contribution in [3.05, 3.63) is 46.2 Å². The molecule has 1 N–H and O–H groups in total. The number of carboxylic acids is 1. The lowest BCUT2D eigenvalue weighted by Gasteiger charge is -2.09. The summed E-state index contributed by atoms with van der Waals surface area (Å²) in [5.41, 5.74) is 1.75. The fourth-order valence-electron chi connectivity index (χ4n) is 1.49. The summed E-state index contributed by atoms with van der Waals surface area (Å²) in [6, 6.07) is 8.02. The van der Waals surface area contributed by atoms with Gasteiger partial charge in [0.1, 0.15) is 4.91 Å². The monoisotopic (exact) mass is 280 g/mol. The number of benzene rings is 1. The van der Waals surface area contributed by atoms with Crippen LogP contribution in [0.25, 0.3) is 5.57 Å². The summed E-state index contributed by atoms with van der Waals surface area (Å²) >= 11 is 1.21. The lowest BCUT2D eigenvalue weighted by Crippen LogP contribution is -2.01. The van der Waals surface area contributed by atoms with Crippen LogP contribution in [-0.4, -0.2) is 17.7 Å². The molecule has 0 fully saturated rings. The number of aliphatic carboxylic acids is 1. The van der Waals surface area contributed by atoms with E-state index in [0.717, 1.165) is 16.0 Å². The van der Waals surface area contributed by atoms with Crippen molar-refractivity contribution in [2.75, 3.05) is 6.66 Å². The molecule has 0 aliphatic rings. The van der Waals surface area contributed by atoms with Gasteiger partial charge in [-0.2, -0.15) is 0 Å². The van der Waals surface area contributed by atoms with Gasteiger partial charge in [-0.3, -0.25) is 0 Å². The molecule has 0 aliphatic carbocycles. The van der Waals surface area contributed by atoms with Gasteiger partial charge in [-0.15, -0.1) is 0 Å². The average molecular weight is 280 g/mol. The minimum atomic E-state index is -0.898. The molecule has 1 atom stereocenters. The Bertz CT molecular complexity index is 506. The third kappa shape index (κ3) is 4.01. The number of hydrogen-bond acceptors (Lipinski definition) is 2. The zero-order valence-corrected chi connectivity index (χ0v) is 12.6. The van der Waals surface area contributed by atoms with E-state index < -0.39 is 5.97 Å². The Morgan fingerprint density at radius 1 is 1.39 bits per heavy atom. The van der Waals surface area contributed by atoms with Crippen molar-refractivity contribution in [3.63, 3.8) is 0 Å². The van der Waals surface area contributed by atoms with Crippen molar-refractivity contribution in [2.45, 2.75) is 13.8 Å². The highest BCUT2D eigenvalue weighted by molar-refractivity contribution is 8.07. The Kier molecular flexibility index (Phi) is 5.64. The Labute approximate surface area is 114 Å². The summed E-state index contributed by atoms with van der Waals surface area (Å²) in [6.07, 6.45) is 0. The number of hydrogen-bond donors (Lipinski definition) is 1. The van der Waals surface area contributed by atoms with E-state index in [1.165, 1.54) is 17.1 Å². The van der Waals surface area contributed by atoms with Crippen LogP contribution in [0.1, 0.15) is 19.4 Å². The van der Waals surface area contributed by atoms with Gasteiger partial charge in [-0.1, -0.05) is 45.1 Å². The molecule has 0 heterocycles. The molecule has 96 valence electrons. The fourth-order valence-corrected chi connectivity index (χ4v) is 2.76. The van der Waals surface area contributed by atoms with Gasteiger partial charge in [0.15, 0.2) is 0 Å². The smallest absolute Gasteiger partial charge is 0.342 e. The maximum Gasteiger partial charge on any atom is 0.342 e. The molecule has 0 saturated carbocycles. The normalized spacial score (nSPS) is 12.6. The molecule has 0 aliphatic heterocycles. The molecule has 1 aromatic carbocycles. The topological polar surface area (TPSA) is 37.3 Å². The van der Waals surface area contributed by atoms with Gasteiger partial charge in [-0.05, 0) is 47.9 Å². The summed E-state index contributed by atoms with van der Waals surface area (Å²) in [6.45, 7) is 9.52. The third-order valence-electron chi connectivity index (χ3n) is 2.40. The van der Waals surface area contributed by atoms with Gasteiger partial charge in [0.05, 0.1) is 0 Å². The lowest BCUT2D eigenvalue weighted by molar-refractivity contribution is -0.131. The van der Waals surface area contributed by atoms with E-state index in [1.54, 1.807) is 0 Å². The molecule has 0 amide bonds. The van der Waals surface area contributed by atoms with Crippen LogP contribution in [0, 0.1) is 0 Å². The quantitative estimate of drug-likeness (QED) is 0.660. The first kappa shape index (κ1) is 15.0. The molecule has 1 rings (SSSR count). The largest absolute Gasteiger partial charge is 0.477 e. The van der Waals surface area contributed by atoms with E-state index in [4.69, 9.17) is 0 Å². The van der Waals surface area contributed by atoms with Crippen LogP contribution in [-0.2, 0) is 4.79 Å². The van der Waals surface area contributed by atoms with Gasteiger partial charge in [0.25, 0.3) is 0 Å². The molecule has 1 unspecified atom stereocenters. The molecule has 4 heteroatoms. The van der Waals surface area contributed by atoms with Gasteiger partial charge in [0.2, 0.25) is 0 Å². The van der Waals surface area contributed by atoms with Crippen LogP contribution >= 0.6 is 20.3 Å². The van der Waals surface area contributed by atoms with E-state index in [9.17, 15) is 9.90 Å². The second kappa shape index (κ2) is 6.77. The van der Waals surface area contributed by atoms with Gasteiger partial charge in [0, 0.05) is 0 Å². The van der Waals surface area contributed by atoms with E-state index in [1.807, 2.05) is 26.0 Å². The highest BCUT2D eigenvalue weighted by Crippen LogP contribution is 2.31. The zero-order chi connectivity index (χ0) is 13.7. The second-order valence-corrected chi connectivity index (χ2v) is 6.28. The van der Waals surface area contributed by atoms with Crippen LogP contribution in [0.3, 0.4) is 0 Å². The van der Waals surface area contributed by atoms with Crippen molar-refractivity contribution >= 4 is 37.2 Å². The number of rotatable bonds is 5. The van der Waals surface area contributed by atoms with Crippen molar-refractivity contribution < 1.29 is 9.90 Å². The maximum absolute atomic E-state index is 11.3. The van der Waals surface area contributed by atoms with Gasteiger partial charge >= 0.3 is 5.97 Å². The highest BCUT2D eigenvalue weighted by atomic mass is 32.2. The highest BCUT2D eigenvalue weighted by Gasteiger charge is 2.14. The molecular formula is C14H17O2PS. The number of carbonyl (C=O) groups is 1. The molecule has 1 aromatic rings. The fraction of sp³-hybridized carbons (Fsp3) is 0.214. The summed E-state index contributed by atoms with van der Waals surface area (Å²) in [5, 5.41) is 10.5. The summed E-state index contributed by atoms with van der Waals surface area (Å²) in [7, 11) is 0.709. The molecule has 0 bridgehead atoms. The maximum atomic E-state index is 11.3. The Hall–Kier alpha value is -1.05. The molecule has 0 saturated heterocycles. The van der Waals surface area contributed by atoms with Crippen molar-refractivity contribution in [1.29, 1.82) is 0 Å². The zero-order valence-electron chi connectivity index (χ0n) is 10.8. The molecular weight excluding hydrogens is 263 g/mol. The lowest BCUT2D eigenvalue weighted by atomic mass is 10.1. The van der Waals surface area contributed by atoms with E-state index >= 15 is 0 Å². The molecule has 0 aromatic heterocycles. The summed E-state index contributed by atoms with van der Waals surface area (Å²) < 4.78 is 0. The third-order valence-corrected chi connectivity index (χ3v) is 4.32. The van der Waals surface area contributed by atoms with Crippen LogP contribution in [0.5, 0.6) is 0 Å². The van der Waals surface area contributed by atoms with Crippen molar-refractivity contribution in [2.24, 2.45) is 0 Å². The summed E-state index contributed by atoms with van der Waals surface area (Å²) in [5.74, 6) is -0.898. The number of allylic oxidation sites excluding steroid dienone is 2. The molecule has 0 spiro atoms. The van der Waals surface area contributed by atoms with Crippen molar-refractivity contribution in [1.82, 2.24) is 0 Å². The van der Waals surface area contributed by atoms with Gasteiger partial charge < -0.3 is 5.11 Å². The van der Waals surface area contributed by atoms with E-state index in [2.05, 4.69) is 25.4 Å². The van der Waals surface area contributed by atoms with E-state index in [-0.39, 0.29) is 0 Å². The van der Waals surface area contributed by atoms with E-state index in [0.29, 0.717) is 13.5 Å². The minimum absolute atomic E-state index is 0.346. The van der Waals surface area contributed by atoms with Gasteiger partial charge in [-0.25, -0.2) is 4.79 Å². The predicted molar refractivity (Wildman–Crippen MR) is 82.9 cm³/mol. The molecule has 2 nitrogen and oxygen atoms in total. The Morgan fingerprint density at radius 3 is 2.56 bits per heavy atom.